The molecule has 3 aromatic rings. The van der Waals surface area contributed by atoms with Crippen LogP contribution in [0.4, 0.5) is 0 Å². The lowest BCUT2D eigenvalue weighted by Crippen LogP contribution is -2.40. The predicted octanol–water partition coefficient (Wildman–Crippen LogP) is 1.87. The second kappa shape index (κ2) is 7.25. The highest BCUT2D eigenvalue weighted by atomic mass is 28.2. The van der Waals surface area contributed by atoms with Crippen LogP contribution < -0.4 is 5.19 Å². The van der Waals surface area contributed by atoms with Crippen molar-refractivity contribution in [3.05, 3.63) is 102 Å². The van der Waals surface area contributed by atoms with Crippen molar-refractivity contribution >= 4 is 20.9 Å². The minimum absolute atomic E-state index is 0.503. The molecule has 0 amide bonds. The lowest BCUT2D eigenvalue weighted by atomic mass is 9.86. The van der Waals surface area contributed by atoms with Gasteiger partial charge in [0, 0.05) is 0 Å². The normalized spacial score (nSPS) is 11.5. The van der Waals surface area contributed by atoms with Crippen LogP contribution in [-0.4, -0.2) is 20.8 Å². The number of aliphatic hydroxyl groups is 1. The summed E-state index contributed by atoms with van der Waals surface area (Å²) in [6, 6.07) is 27.4. The third-order valence-electron chi connectivity index (χ3n) is 3.89. The van der Waals surface area contributed by atoms with Crippen molar-refractivity contribution in [3.63, 3.8) is 0 Å². The van der Waals surface area contributed by atoms with Gasteiger partial charge in [0.05, 0.1) is 0 Å². The van der Waals surface area contributed by atoms with Crippen LogP contribution in [0, 0.1) is 0 Å². The summed E-state index contributed by atoms with van der Waals surface area (Å²) < 4.78 is 5.55. The summed E-state index contributed by atoms with van der Waals surface area (Å²) in [6.45, 7) is 0. The Hall–Kier alpha value is -2.69. The Kier molecular flexibility index (Phi) is 4.89. The predicted molar refractivity (Wildman–Crippen MR) is 96.6 cm³/mol. The van der Waals surface area contributed by atoms with E-state index < -0.39 is 21.3 Å². The summed E-state index contributed by atoms with van der Waals surface area (Å²) in [7, 11) is -1.26. The van der Waals surface area contributed by atoms with E-state index in [4.69, 9.17) is 4.43 Å². The first kappa shape index (κ1) is 16.2. The van der Waals surface area contributed by atoms with Gasteiger partial charge in [-0.2, -0.15) is 0 Å². The topological polar surface area (TPSA) is 46.5 Å². The van der Waals surface area contributed by atoms with Crippen molar-refractivity contribution < 1.29 is 14.3 Å². The molecule has 0 fully saturated rings. The summed E-state index contributed by atoms with van der Waals surface area (Å²) in [5, 5.41) is 12.3. The van der Waals surface area contributed by atoms with E-state index in [2.05, 4.69) is 0 Å². The zero-order valence-electron chi connectivity index (χ0n) is 13.1. The van der Waals surface area contributed by atoms with Crippen molar-refractivity contribution in [1.82, 2.24) is 0 Å². The van der Waals surface area contributed by atoms with Crippen LogP contribution in [0.5, 0.6) is 0 Å². The fourth-order valence-electron chi connectivity index (χ4n) is 2.59. The zero-order chi connectivity index (χ0) is 16.8. The fourth-order valence-corrected chi connectivity index (χ4v) is 3.56. The van der Waals surface area contributed by atoms with E-state index in [1.807, 2.05) is 42.5 Å². The molecule has 0 aromatic heterocycles. The monoisotopic (exact) mass is 334 g/mol. The van der Waals surface area contributed by atoms with Gasteiger partial charge in [0.15, 0.2) is 0 Å². The van der Waals surface area contributed by atoms with Gasteiger partial charge < -0.3 is 9.53 Å². The molecule has 3 aromatic carbocycles. The van der Waals surface area contributed by atoms with Crippen LogP contribution in [0.25, 0.3) is 0 Å². The highest BCUT2D eigenvalue weighted by molar-refractivity contribution is 6.49. The van der Waals surface area contributed by atoms with Gasteiger partial charge in [-0.3, -0.25) is 0 Å². The largest absolute Gasteiger partial charge is 0.518 e. The Labute approximate surface area is 143 Å². The van der Waals surface area contributed by atoms with Gasteiger partial charge in [0.1, 0.15) is 0 Å². The van der Waals surface area contributed by atoms with Gasteiger partial charge in [-0.05, 0) is 16.3 Å². The number of hydrogen-bond donors (Lipinski definition) is 1. The number of benzene rings is 3. The number of carbonyl (C=O) groups is 1. The molecular weight excluding hydrogens is 316 g/mol. The molecule has 3 nitrogen and oxygen atoms in total. The maximum Gasteiger partial charge on any atom is 0.334 e. The molecule has 120 valence electrons. The average Bonchev–Trinajstić information content (AvgIpc) is 2.67. The molecule has 4 heteroatoms. The van der Waals surface area contributed by atoms with Crippen LogP contribution in [-0.2, 0) is 14.8 Å². The smallest absolute Gasteiger partial charge is 0.334 e. The standard InChI is InChI=1S/C20H18O3Si/c21-19(23-24-18-14-8-3-9-15-18)20(22,16-10-4-1-5-11-16)17-12-6-2-7-13-17/h1-15,22H,24H2. The van der Waals surface area contributed by atoms with Crippen LogP contribution in [0.15, 0.2) is 91.0 Å². The highest BCUT2D eigenvalue weighted by Crippen LogP contribution is 2.30. The maximum absolute atomic E-state index is 12.8. The first-order valence-electron chi connectivity index (χ1n) is 7.76. The summed E-state index contributed by atoms with van der Waals surface area (Å²) in [5.74, 6) is -0.629. The van der Waals surface area contributed by atoms with E-state index in [0.717, 1.165) is 5.19 Å². The molecular formula is C20H18O3Si. The molecule has 0 spiro atoms. The summed E-state index contributed by atoms with van der Waals surface area (Å²) >= 11 is 0. The van der Waals surface area contributed by atoms with Crippen molar-refractivity contribution in [2.45, 2.75) is 5.60 Å². The average molecular weight is 334 g/mol. The molecule has 0 atom stereocenters. The number of carbonyl (C=O) groups excluding carboxylic acids is 1. The molecule has 0 unspecified atom stereocenters. The first-order chi connectivity index (χ1) is 11.7. The van der Waals surface area contributed by atoms with E-state index in [0.29, 0.717) is 11.1 Å². The van der Waals surface area contributed by atoms with Gasteiger partial charge in [0.25, 0.3) is 9.76 Å². The van der Waals surface area contributed by atoms with E-state index in [1.54, 1.807) is 48.5 Å². The van der Waals surface area contributed by atoms with Gasteiger partial charge in [-0.15, -0.1) is 0 Å². The van der Waals surface area contributed by atoms with Crippen molar-refractivity contribution in [2.75, 3.05) is 0 Å². The Morgan fingerprint density at radius 1 is 0.750 bits per heavy atom. The molecule has 1 N–H and O–H groups in total. The lowest BCUT2D eigenvalue weighted by molar-refractivity contribution is -0.151. The third-order valence-corrected chi connectivity index (χ3v) is 5.10. The highest BCUT2D eigenvalue weighted by Gasteiger charge is 2.41. The first-order valence-corrected chi connectivity index (χ1v) is 9.04. The molecule has 0 radical (unpaired) electrons. The molecule has 0 aliphatic heterocycles. The van der Waals surface area contributed by atoms with Gasteiger partial charge in [-0.25, -0.2) is 4.79 Å². The quantitative estimate of drug-likeness (QED) is 0.725. The number of rotatable bonds is 5. The lowest BCUT2D eigenvalue weighted by Gasteiger charge is -2.27. The molecule has 3 rings (SSSR count). The minimum atomic E-state index is -1.80. The molecule has 24 heavy (non-hydrogen) atoms. The van der Waals surface area contributed by atoms with Crippen LogP contribution >= 0.6 is 0 Å². The SMILES string of the molecule is O=C(O[SiH2]c1ccccc1)C(O)(c1ccccc1)c1ccccc1. The van der Waals surface area contributed by atoms with Crippen LogP contribution in [0.2, 0.25) is 0 Å². The summed E-state index contributed by atoms with van der Waals surface area (Å²) in [6.07, 6.45) is 0. The second-order valence-corrected chi connectivity index (χ2v) is 6.90. The molecule has 0 bridgehead atoms. The maximum atomic E-state index is 12.8. The Morgan fingerprint density at radius 3 is 1.62 bits per heavy atom. The van der Waals surface area contributed by atoms with Gasteiger partial charge >= 0.3 is 5.97 Å². The van der Waals surface area contributed by atoms with E-state index in [9.17, 15) is 9.90 Å². The Balaban J connectivity index is 1.92. The van der Waals surface area contributed by atoms with Gasteiger partial charge in [0.2, 0.25) is 5.60 Å². The Morgan fingerprint density at radius 2 is 1.17 bits per heavy atom. The van der Waals surface area contributed by atoms with E-state index in [1.165, 1.54) is 0 Å². The van der Waals surface area contributed by atoms with Crippen molar-refractivity contribution in [1.29, 1.82) is 0 Å². The van der Waals surface area contributed by atoms with Crippen LogP contribution in [0.3, 0.4) is 0 Å². The van der Waals surface area contributed by atoms with E-state index >= 15 is 0 Å². The Bertz CT molecular complexity index is 749. The number of hydrogen-bond acceptors (Lipinski definition) is 3. The zero-order valence-corrected chi connectivity index (χ0v) is 14.5. The third kappa shape index (κ3) is 3.30. The summed E-state index contributed by atoms with van der Waals surface area (Å²) in [5.41, 5.74) is -0.795. The van der Waals surface area contributed by atoms with Crippen LogP contribution in [0.1, 0.15) is 11.1 Å². The minimum Gasteiger partial charge on any atom is -0.518 e. The molecule has 0 saturated carbocycles. The van der Waals surface area contributed by atoms with E-state index in [-0.39, 0.29) is 0 Å². The molecule has 0 saturated heterocycles. The summed E-state index contributed by atoms with van der Waals surface area (Å²) in [4.78, 5) is 12.8. The molecule has 0 aliphatic rings. The van der Waals surface area contributed by atoms with Crippen molar-refractivity contribution in [2.24, 2.45) is 0 Å². The second-order valence-electron chi connectivity index (χ2n) is 5.50. The molecule has 0 aliphatic carbocycles. The fraction of sp³-hybridized carbons (Fsp3) is 0.0500. The van der Waals surface area contributed by atoms with Crippen molar-refractivity contribution in [3.8, 4) is 0 Å². The molecule has 0 heterocycles. The van der Waals surface area contributed by atoms with Gasteiger partial charge in [-0.1, -0.05) is 91.0 Å².